The van der Waals surface area contributed by atoms with Gasteiger partial charge in [0, 0.05) is 12.3 Å². The number of amides is 1. The number of carbonyl (C=O) groups excluding carboxylic acids is 1. The summed E-state index contributed by atoms with van der Waals surface area (Å²) in [5.74, 6) is -0.435. The molecule has 0 atom stereocenters. The molecular formula is C7H9F3N4OS. The fraction of sp³-hybridized carbons (Fsp3) is 0.571. The van der Waals surface area contributed by atoms with Crippen molar-refractivity contribution in [2.75, 3.05) is 12.3 Å². The highest BCUT2D eigenvalue weighted by molar-refractivity contribution is 8.00. The summed E-state index contributed by atoms with van der Waals surface area (Å²) in [6.07, 6.45) is 0. The molecule has 0 aromatic carbocycles. The molecule has 9 heteroatoms. The molecule has 1 rings (SSSR count). The summed E-state index contributed by atoms with van der Waals surface area (Å²) in [5.41, 5.74) is -4.27. The van der Waals surface area contributed by atoms with E-state index in [9.17, 15) is 18.0 Å². The molecule has 1 aromatic heterocycles. The van der Waals surface area contributed by atoms with E-state index < -0.39 is 11.4 Å². The second-order valence-electron chi connectivity index (χ2n) is 2.79. The third-order valence-corrected chi connectivity index (χ3v) is 2.19. The average Bonchev–Trinajstić information content (AvgIpc) is 2.57. The molecule has 0 unspecified atom stereocenters. The van der Waals surface area contributed by atoms with Crippen LogP contribution in [0.25, 0.3) is 0 Å². The zero-order chi connectivity index (χ0) is 12.2. The summed E-state index contributed by atoms with van der Waals surface area (Å²) in [7, 11) is 0. The van der Waals surface area contributed by atoms with E-state index in [2.05, 4.69) is 20.5 Å². The molecule has 0 aliphatic heterocycles. The van der Waals surface area contributed by atoms with Gasteiger partial charge in [-0.2, -0.15) is 13.2 Å². The standard InChI is InChI=1S/C7H9F3N4OS/c1-4-12-5(14-13-4)6(15)11-2-3-16-7(8,9)10/h2-3H2,1H3,(H,11,15)(H,12,13,14). The first kappa shape index (κ1) is 12.8. The molecule has 0 fully saturated rings. The second kappa shape index (κ2) is 5.19. The lowest BCUT2D eigenvalue weighted by Gasteiger charge is -2.05. The van der Waals surface area contributed by atoms with Crippen molar-refractivity contribution in [3.05, 3.63) is 11.6 Å². The van der Waals surface area contributed by atoms with Crippen LogP contribution in [-0.4, -0.2) is 38.9 Å². The molecule has 0 spiro atoms. The number of alkyl halides is 3. The first-order chi connectivity index (χ1) is 7.38. The Labute approximate surface area is 93.2 Å². The minimum atomic E-state index is -4.27. The predicted molar refractivity (Wildman–Crippen MR) is 52.0 cm³/mol. The van der Waals surface area contributed by atoms with E-state index in [1.54, 1.807) is 6.92 Å². The van der Waals surface area contributed by atoms with Crippen molar-refractivity contribution in [1.82, 2.24) is 20.5 Å². The van der Waals surface area contributed by atoms with E-state index in [1.165, 1.54) is 0 Å². The Kier molecular flexibility index (Phi) is 4.16. The molecule has 5 nitrogen and oxygen atoms in total. The van der Waals surface area contributed by atoms with Gasteiger partial charge in [0.1, 0.15) is 5.82 Å². The fourth-order valence-corrected chi connectivity index (χ4v) is 1.29. The van der Waals surface area contributed by atoms with Crippen molar-refractivity contribution < 1.29 is 18.0 Å². The summed E-state index contributed by atoms with van der Waals surface area (Å²) in [5, 5.41) is 8.30. The van der Waals surface area contributed by atoms with Gasteiger partial charge >= 0.3 is 5.51 Å². The maximum absolute atomic E-state index is 11.7. The molecule has 1 amide bonds. The van der Waals surface area contributed by atoms with Gasteiger partial charge in [0.05, 0.1) is 0 Å². The highest BCUT2D eigenvalue weighted by Crippen LogP contribution is 2.29. The highest BCUT2D eigenvalue weighted by atomic mass is 32.2. The Balaban J connectivity index is 2.26. The summed E-state index contributed by atoms with van der Waals surface area (Å²) in [6.45, 7) is 1.53. The third-order valence-electron chi connectivity index (χ3n) is 1.45. The Morgan fingerprint density at radius 2 is 2.25 bits per heavy atom. The third kappa shape index (κ3) is 4.51. The van der Waals surface area contributed by atoms with Crippen LogP contribution in [0.1, 0.15) is 16.4 Å². The van der Waals surface area contributed by atoms with Gasteiger partial charge in [0.2, 0.25) is 5.82 Å². The van der Waals surface area contributed by atoms with Crippen LogP contribution in [0.15, 0.2) is 0 Å². The number of hydrogen-bond acceptors (Lipinski definition) is 4. The number of H-pyrrole nitrogens is 1. The lowest BCUT2D eigenvalue weighted by Crippen LogP contribution is -2.27. The van der Waals surface area contributed by atoms with Crippen molar-refractivity contribution in [3.63, 3.8) is 0 Å². The number of aromatic amines is 1. The van der Waals surface area contributed by atoms with Crippen LogP contribution in [-0.2, 0) is 0 Å². The molecule has 0 saturated carbocycles. The van der Waals surface area contributed by atoms with E-state index in [4.69, 9.17) is 0 Å². The smallest absolute Gasteiger partial charge is 0.348 e. The molecule has 0 bridgehead atoms. The monoisotopic (exact) mass is 254 g/mol. The molecule has 1 aromatic rings. The number of nitrogens with zero attached hydrogens (tertiary/aromatic N) is 2. The molecule has 1 heterocycles. The largest absolute Gasteiger partial charge is 0.441 e. The first-order valence-corrected chi connectivity index (χ1v) is 5.25. The van der Waals surface area contributed by atoms with Crippen LogP contribution in [0.4, 0.5) is 13.2 Å². The lowest BCUT2D eigenvalue weighted by molar-refractivity contribution is -0.0327. The van der Waals surface area contributed by atoms with Crippen LogP contribution in [0, 0.1) is 6.92 Å². The van der Waals surface area contributed by atoms with Crippen LogP contribution < -0.4 is 5.32 Å². The SMILES string of the molecule is Cc1nc(C(=O)NCCSC(F)(F)F)n[nH]1. The van der Waals surface area contributed by atoms with Crippen molar-refractivity contribution in [2.45, 2.75) is 12.4 Å². The van der Waals surface area contributed by atoms with Crippen LogP contribution >= 0.6 is 11.8 Å². The Hall–Kier alpha value is -1.25. The molecule has 2 N–H and O–H groups in total. The maximum Gasteiger partial charge on any atom is 0.441 e. The van der Waals surface area contributed by atoms with E-state index >= 15 is 0 Å². The Morgan fingerprint density at radius 1 is 1.56 bits per heavy atom. The molecular weight excluding hydrogens is 245 g/mol. The lowest BCUT2D eigenvalue weighted by atomic mass is 10.5. The Morgan fingerprint density at radius 3 is 2.75 bits per heavy atom. The number of aryl methyl sites for hydroxylation is 1. The van der Waals surface area contributed by atoms with E-state index in [0.29, 0.717) is 5.82 Å². The topological polar surface area (TPSA) is 70.7 Å². The number of thioether (sulfide) groups is 1. The van der Waals surface area contributed by atoms with Gasteiger partial charge in [-0.25, -0.2) is 4.98 Å². The molecule has 16 heavy (non-hydrogen) atoms. The number of nitrogens with one attached hydrogen (secondary N) is 2. The highest BCUT2D eigenvalue weighted by Gasteiger charge is 2.27. The van der Waals surface area contributed by atoms with E-state index in [0.717, 1.165) is 0 Å². The van der Waals surface area contributed by atoms with Crippen molar-refractivity contribution in [1.29, 1.82) is 0 Å². The minimum Gasteiger partial charge on any atom is -0.348 e. The summed E-state index contributed by atoms with van der Waals surface area (Å²) in [4.78, 5) is 15.0. The minimum absolute atomic E-state index is 0.0745. The summed E-state index contributed by atoms with van der Waals surface area (Å²) in [6, 6.07) is 0. The van der Waals surface area contributed by atoms with Gasteiger partial charge in [-0.15, -0.1) is 5.10 Å². The fourth-order valence-electron chi connectivity index (χ4n) is 0.855. The van der Waals surface area contributed by atoms with Crippen molar-refractivity contribution >= 4 is 17.7 Å². The molecule has 0 aliphatic rings. The predicted octanol–water partition coefficient (Wildman–Crippen LogP) is 1.10. The quantitative estimate of drug-likeness (QED) is 0.789. The number of halogens is 3. The van der Waals surface area contributed by atoms with Gasteiger partial charge in [-0.1, -0.05) is 0 Å². The second-order valence-corrected chi connectivity index (χ2v) is 3.95. The number of aromatic nitrogens is 3. The molecule has 90 valence electrons. The van der Waals surface area contributed by atoms with Gasteiger partial charge in [0.15, 0.2) is 0 Å². The summed E-state index contributed by atoms with van der Waals surface area (Å²) >= 11 is -0.187. The summed E-state index contributed by atoms with van der Waals surface area (Å²) < 4.78 is 35.2. The average molecular weight is 254 g/mol. The normalized spacial score (nSPS) is 11.5. The van der Waals surface area contributed by atoms with Gasteiger partial charge in [-0.3, -0.25) is 9.89 Å². The van der Waals surface area contributed by atoms with Crippen LogP contribution in [0.2, 0.25) is 0 Å². The van der Waals surface area contributed by atoms with Crippen molar-refractivity contribution in [3.8, 4) is 0 Å². The number of hydrogen-bond donors (Lipinski definition) is 2. The zero-order valence-electron chi connectivity index (χ0n) is 8.26. The van der Waals surface area contributed by atoms with Gasteiger partial charge in [0.25, 0.3) is 5.91 Å². The van der Waals surface area contributed by atoms with Crippen molar-refractivity contribution in [2.24, 2.45) is 0 Å². The molecule has 0 radical (unpaired) electrons. The zero-order valence-corrected chi connectivity index (χ0v) is 9.08. The van der Waals surface area contributed by atoms with Crippen LogP contribution in [0.3, 0.4) is 0 Å². The van der Waals surface area contributed by atoms with Crippen LogP contribution in [0.5, 0.6) is 0 Å². The molecule has 0 saturated heterocycles. The maximum atomic E-state index is 11.7. The van der Waals surface area contributed by atoms with Gasteiger partial charge in [-0.05, 0) is 18.7 Å². The van der Waals surface area contributed by atoms with E-state index in [1.807, 2.05) is 0 Å². The first-order valence-electron chi connectivity index (χ1n) is 4.26. The number of rotatable bonds is 4. The number of carbonyl (C=O) groups is 1. The Bertz CT molecular complexity index is 365. The molecule has 0 aliphatic carbocycles. The van der Waals surface area contributed by atoms with Gasteiger partial charge < -0.3 is 5.32 Å². The van der Waals surface area contributed by atoms with E-state index in [-0.39, 0.29) is 29.9 Å².